The van der Waals surface area contributed by atoms with E-state index in [0.29, 0.717) is 22.1 Å². The summed E-state index contributed by atoms with van der Waals surface area (Å²) in [5, 5.41) is 4.15. The molecule has 2 aromatic heterocycles. The molecule has 0 radical (unpaired) electrons. The summed E-state index contributed by atoms with van der Waals surface area (Å²) in [4.78, 5) is 35.8. The lowest BCUT2D eigenvalue weighted by Gasteiger charge is -2.05. The Labute approximate surface area is 203 Å². The van der Waals surface area contributed by atoms with Crippen molar-refractivity contribution in [2.45, 2.75) is 33.2 Å². The number of nitrogens with zero attached hydrogens (tertiary/aromatic N) is 2. The molecule has 2 heterocycles. The fraction of sp³-hybridized carbons (Fsp3) is 0.200. The van der Waals surface area contributed by atoms with Crippen LogP contribution in [0.5, 0.6) is 0 Å². The van der Waals surface area contributed by atoms with Crippen molar-refractivity contribution in [3.63, 3.8) is 0 Å². The lowest BCUT2D eigenvalue weighted by molar-refractivity contribution is -0.117. The van der Waals surface area contributed by atoms with E-state index in [2.05, 4.69) is 15.3 Å². The molecule has 1 amide bonds. The molecule has 34 heavy (non-hydrogen) atoms. The number of carbonyl (C=O) groups excluding carboxylic acids is 2. The number of nitrogens with one attached hydrogen (secondary N) is 1. The molecule has 0 fully saturated rings. The van der Waals surface area contributed by atoms with Crippen molar-refractivity contribution in [1.82, 2.24) is 15.3 Å². The summed E-state index contributed by atoms with van der Waals surface area (Å²) in [6.45, 7) is 4.06. The van der Waals surface area contributed by atoms with Crippen LogP contribution in [0.3, 0.4) is 0 Å². The Kier molecular flexibility index (Phi) is 7.23. The minimum atomic E-state index is -0.759. The van der Waals surface area contributed by atoms with Gasteiger partial charge in [0.25, 0.3) is 5.91 Å². The summed E-state index contributed by atoms with van der Waals surface area (Å²) in [5.41, 5.74) is 1.91. The molecule has 174 valence electrons. The number of hydrogen-bond donors (Lipinski definition) is 1. The van der Waals surface area contributed by atoms with Gasteiger partial charge in [0.2, 0.25) is 0 Å². The van der Waals surface area contributed by atoms with Gasteiger partial charge in [0.1, 0.15) is 33.0 Å². The second-order valence-corrected chi connectivity index (χ2v) is 9.98. The van der Waals surface area contributed by atoms with Crippen LogP contribution in [0.25, 0.3) is 10.6 Å². The summed E-state index contributed by atoms with van der Waals surface area (Å²) in [5.74, 6) is -2.21. The summed E-state index contributed by atoms with van der Waals surface area (Å²) in [6, 6.07) is 13.0. The third kappa shape index (κ3) is 5.43. The predicted molar refractivity (Wildman–Crippen MR) is 129 cm³/mol. The average molecular weight is 498 g/mol. The quantitative estimate of drug-likeness (QED) is 0.352. The van der Waals surface area contributed by atoms with E-state index < -0.39 is 17.4 Å². The zero-order valence-corrected chi connectivity index (χ0v) is 20.2. The van der Waals surface area contributed by atoms with Crippen LogP contribution in [-0.4, -0.2) is 21.7 Å². The van der Waals surface area contributed by atoms with E-state index in [1.54, 1.807) is 0 Å². The number of ketones is 1. The molecule has 4 rings (SSSR count). The van der Waals surface area contributed by atoms with Gasteiger partial charge >= 0.3 is 0 Å². The first kappa shape index (κ1) is 23.8. The zero-order chi connectivity index (χ0) is 24.2. The van der Waals surface area contributed by atoms with E-state index in [4.69, 9.17) is 0 Å². The molecule has 0 saturated heterocycles. The molecular weight excluding hydrogens is 476 g/mol. The highest BCUT2D eigenvalue weighted by molar-refractivity contribution is 7.17. The van der Waals surface area contributed by atoms with Crippen molar-refractivity contribution in [3.8, 4) is 10.6 Å². The van der Waals surface area contributed by atoms with Gasteiger partial charge in [-0.2, -0.15) is 0 Å². The molecule has 9 heteroatoms. The normalized spacial score (nSPS) is 10.9. The van der Waals surface area contributed by atoms with Gasteiger partial charge in [-0.15, -0.1) is 22.7 Å². The minimum absolute atomic E-state index is 0.131. The lowest BCUT2D eigenvalue weighted by atomic mass is 10.1. The van der Waals surface area contributed by atoms with Crippen LogP contribution >= 0.6 is 22.7 Å². The molecule has 0 aliphatic heterocycles. The Morgan fingerprint density at radius 3 is 2.26 bits per heavy atom. The maximum atomic E-state index is 14.0. The first-order valence-corrected chi connectivity index (χ1v) is 12.2. The SMILES string of the molecule is Cc1nc(C)c(-c2nc(CC(=O)Cc3c(F)cccc3F)sc2C(=O)NCc2ccccc2)s1. The Hall–Kier alpha value is -3.30. The smallest absolute Gasteiger partial charge is 0.263 e. The van der Waals surface area contributed by atoms with Crippen LogP contribution in [0.2, 0.25) is 0 Å². The minimum Gasteiger partial charge on any atom is -0.347 e. The van der Waals surface area contributed by atoms with Crippen molar-refractivity contribution in [3.05, 3.63) is 91.9 Å². The molecule has 0 bridgehead atoms. The largest absolute Gasteiger partial charge is 0.347 e. The molecule has 0 aliphatic rings. The van der Waals surface area contributed by atoms with Crippen molar-refractivity contribution in [2.75, 3.05) is 0 Å². The molecule has 1 N–H and O–H groups in total. The molecule has 4 aromatic rings. The van der Waals surface area contributed by atoms with E-state index in [0.717, 1.165) is 44.6 Å². The molecule has 5 nitrogen and oxygen atoms in total. The van der Waals surface area contributed by atoms with Crippen molar-refractivity contribution < 1.29 is 18.4 Å². The molecule has 0 aliphatic carbocycles. The van der Waals surface area contributed by atoms with Crippen LogP contribution in [0.1, 0.15) is 36.5 Å². The van der Waals surface area contributed by atoms with E-state index in [1.165, 1.54) is 17.4 Å². The van der Waals surface area contributed by atoms with Crippen LogP contribution in [-0.2, 0) is 24.2 Å². The zero-order valence-electron chi connectivity index (χ0n) is 18.5. The molecule has 0 unspecified atom stereocenters. The third-order valence-corrected chi connectivity index (χ3v) is 7.21. The number of carbonyl (C=O) groups is 2. The van der Waals surface area contributed by atoms with Crippen molar-refractivity contribution in [1.29, 1.82) is 0 Å². The Bertz CT molecular complexity index is 1330. The standard InChI is InChI=1S/C25H21F2N3O2S2/c1-14-23(33-15(2)29-14)22-24(25(32)28-13-16-7-4-3-5-8-16)34-21(30-22)12-17(31)11-18-19(26)9-6-10-20(18)27/h3-10H,11-13H2,1-2H3,(H,28,32). The number of thiazole rings is 2. The second-order valence-electron chi connectivity index (χ2n) is 7.69. The summed E-state index contributed by atoms with van der Waals surface area (Å²) in [7, 11) is 0. The van der Waals surface area contributed by atoms with Gasteiger partial charge in [-0.25, -0.2) is 18.7 Å². The predicted octanol–water partition coefficient (Wildman–Crippen LogP) is 5.45. The van der Waals surface area contributed by atoms with Crippen molar-refractivity contribution in [2.24, 2.45) is 0 Å². The van der Waals surface area contributed by atoms with Crippen molar-refractivity contribution >= 4 is 34.4 Å². The number of aromatic nitrogens is 2. The van der Waals surface area contributed by atoms with Crippen LogP contribution in [0, 0.1) is 25.5 Å². The summed E-state index contributed by atoms with van der Waals surface area (Å²) in [6.07, 6.45) is -0.518. The molecule has 0 atom stereocenters. The maximum Gasteiger partial charge on any atom is 0.263 e. The van der Waals surface area contributed by atoms with Gasteiger partial charge in [-0.1, -0.05) is 36.4 Å². The molecule has 2 aromatic carbocycles. The summed E-state index contributed by atoms with van der Waals surface area (Å²) >= 11 is 2.53. The molecule has 0 saturated carbocycles. The number of aryl methyl sites for hydroxylation is 2. The lowest BCUT2D eigenvalue weighted by Crippen LogP contribution is -2.22. The maximum absolute atomic E-state index is 14.0. The monoisotopic (exact) mass is 497 g/mol. The summed E-state index contributed by atoms with van der Waals surface area (Å²) < 4.78 is 27.9. The number of hydrogen-bond acceptors (Lipinski definition) is 6. The molecular formula is C25H21F2N3O2S2. The average Bonchev–Trinajstić information content (AvgIpc) is 3.37. The second kappa shape index (κ2) is 10.3. The van der Waals surface area contributed by atoms with Gasteiger partial charge in [-0.05, 0) is 31.5 Å². The first-order chi connectivity index (χ1) is 16.3. The highest BCUT2D eigenvalue weighted by atomic mass is 32.1. The van der Waals surface area contributed by atoms with Crippen LogP contribution in [0.15, 0.2) is 48.5 Å². The van der Waals surface area contributed by atoms with Crippen LogP contribution < -0.4 is 5.32 Å². The highest BCUT2D eigenvalue weighted by Gasteiger charge is 2.24. The molecule has 0 spiro atoms. The Morgan fingerprint density at radius 1 is 0.912 bits per heavy atom. The first-order valence-electron chi connectivity index (χ1n) is 10.5. The van der Waals surface area contributed by atoms with Gasteiger partial charge < -0.3 is 5.32 Å². The van der Waals surface area contributed by atoms with Gasteiger partial charge in [0, 0.05) is 18.5 Å². The Balaban J connectivity index is 1.59. The Morgan fingerprint density at radius 2 is 1.62 bits per heavy atom. The van der Waals surface area contributed by atoms with E-state index >= 15 is 0 Å². The van der Waals surface area contributed by atoms with E-state index in [9.17, 15) is 18.4 Å². The fourth-order valence-corrected chi connectivity index (χ4v) is 5.48. The van der Waals surface area contributed by atoms with Gasteiger partial charge in [0.05, 0.1) is 22.0 Å². The number of rotatable bonds is 8. The van der Waals surface area contributed by atoms with Crippen LogP contribution in [0.4, 0.5) is 8.78 Å². The number of benzene rings is 2. The van der Waals surface area contributed by atoms with Gasteiger partial charge in [-0.3, -0.25) is 9.59 Å². The number of Topliss-reactive ketones (excluding diaryl/α,β-unsaturated/α-hetero) is 1. The topological polar surface area (TPSA) is 72.0 Å². The third-order valence-electron chi connectivity index (χ3n) is 5.08. The van der Waals surface area contributed by atoms with E-state index in [1.807, 2.05) is 44.2 Å². The highest BCUT2D eigenvalue weighted by Crippen LogP contribution is 2.35. The fourth-order valence-electron chi connectivity index (χ4n) is 3.49. The number of halogens is 2. The van der Waals surface area contributed by atoms with Gasteiger partial charge in [0.15, 0.2) is 0 Å². The number of amides is 1. The van der Waals surface area contributed by atoms with E-state index in [-0.39, 0.29) is 24.3 Å².